The number of aryl methyl sites for hydroxylation is 1. The first-order valence-electron chi connectivity index (χ1n) is 7.66. The quantitative estimate of drug-likeness (QED) is 0.844. The Morgan fingerprint density at radius 3 is 2.29 bits per heavy atom. The first-order valence-corrected chi connectivity index (χ1v) is 9.10. The summed E-state index contributed by atoms with van der Waals surface area (Å²) >= 11 is 0. The number of piperidine rings is 1. The largest absolute Gasteiger partial charge is 0.460 e. The van der Waals surface area contributed by atoms with Gasteiger partial charge in [0.1, 0.15) is 11.9 Å². The number of nitrogens with zero attached hydrogens (tertiary/aromatic N) is 3. The van der Waals surface area contributed by atoms with Gasteiger partial charge in [-0.15, -0.1) is 0 Å². The molecule has 1 fully saturated rings. The fourth-order valence-corrected chi connectivity index (χ4v) is 4.01. The van der Waals surface area contributed by atoms with Crippen LogP contribution in [0.2, 0.25) is 0 Å². The molecular formula is C16H18FN3O3S. The highest BCUT2D eigenvalue weighted by Gasteiger charge is 2.30. The van der Waals surface area contributed by atoms with Gasteiger partial charge in [-0.25, -0.2) is 22.8 Å². The van der Waals surface area contributed by atoms with Crippen LogP contribution in [0.5, 0.6) is 6.01 Å². The molecule has 1 saturated heterocycles. The summed E-state index contributed by atoms with van der Waals surface area (Å²) in [5, 5.41) is 0. The Balaban J connectivity index is 1.62. The lowest BCUT2D eigenvalue weighted by molar-refractivity contribution is 0.124. The van der Waals surface area contributed by atoms with Crippen molar-refractivity contribution in [3.8, 4) is 6.01 Å². The van der Waals surface area contributed by atoms with Crippen LogP contribution in [-0.4, -0.2) is 41.9 Å². The minimum Gasteiger partial charge on any atom is -0.460 e. The standard InChI is InChI=1S/C16H18FN3O3S/c1-12-10-18-16(19-11-12)23-14-6-8-20(9-7-14)24(21,22)15-4-2-13(17)3-5-15/h2-5,10-11,14H,6-9H2,1H3. The van der Waals surface area contributed by atoms with E-state index in [0.29, 0.717) is 31.9 Å². The maximum Gasteiger partial charge on any atom is 0.316 e. The fraction of sp³-hybridized carbons (Fsp3) is 0.375. The summed E-state index contributed by atoms with van der Waals surface area (Å²) in [5.74, 6) is -0.459. The summed E-state index contributed by atoms with van der Waals surface area (Å²) in [6.07, 6.45) is 4.34. The number of ether oxygens (including phenoxy) is 1. The van der Waals surface area contributed by atoms with Crippen molar-refractivity contribution in [2.45, 2.75) is 30.8 Å². The molecule has 1 aromatic heterocycles. The Morgan fingerprint density at radius 1 is 1.12 bits per heavy atom. The smallest absolute Gasteiger partial charge is 0.316 e. The summed E-state index contributed by atoms with van der Waals surface area (Å²) in [5.41, 5.74) is 0.947. The predicted octanol–water partition coefficient (Wildman–Crippen LogP) is 2.16. The normalized spacial score (nSPS) is 16.9. The second-order valence-electron chi connectivity index (χ2n) is 5.72. The molecule has 3 rings (SSSR count). The van der Waals surface area contributed by atoms with Crippen LogP contribution >= 0.6 is 0 Å². The van der Waals surface area contributed by atoms with Crippen molar-refractivity contribution in [3.63, 3.8) is 0 Å². The van der Waals surface area contributed by atoms with Crippen LogP contribution in [0.15, 0.2) is 41.6 Å². The third-order valence-corrected chi connectivity index (χ3v) is 5.79. The number of halogens is 1. The van der Waals surface area contributed by atoms with Gasteiger partial charge in [-0.1, -0.05) is 0 Å². The summed E-state index contributed by atoms with van der Waals surface area (Å²) in [4.78, 5) is 8.29. The van der Waals surface area contributed by atoms with Crippen molar-refractivity contribution in [1.29, 1.82) is 0 Å². The number of rotatable bonds is 4. The van der Waals surface area contributed by atoms with E-state index < -0.39 is 15.8 Å². The van der Waals surface area contributed by atoms with E-state index >= 15 is 0 Å². The molecule has 1 aliphatic rings. The molecule has 0 bridgehead atoms. The van der Waals surface area contributed by atoms with Crippen LogP contribution < -0.4 is 4.74 Å². The highest BCUT2D eigenvalue weighted by atomic mass is 32.2. The van der Waals surface area contributed by atoms with Crippen LogP contribution in [0.3, 0.4) is 0 Å². The molecule has 0 radical (unpaired) electrons. The molecule has 0 saturated carbocycles. The maximum atomic E-state index is 13.0. The lowest BCUT2D eigenvalue weighted by Gasteiger charge is -2.30. The van der Waals surface area contributed by atoms with Gasteiger partial charge in [-0.2, -0.15) is 4.31 Å². The summed E-state index contributed by atoms with van der Waals surface area (Å²) in [6, 6.07) is 5.18. The highest BCUT2D eigenvalue weighted by Crippen LogP contribution is 2.22. The van der Waals surface area contributed by atoms with Gasteiger partial charge in [-0.3, -0.25) is 0 Å². The van der Waals surface area contributed by atoms with E-state index in [0.717, 1.165) is 17.7 Å². The molecule has 2 aromatic rings. The van der Waals surface area contributed by atoms with Crippen molar-refractivity contribution in [2.24, 2.45) is 0 Å². The molecule has 6 nitrogen and oxygen atoms in total. The van der Waals surface area contributed by atoms with E-state index in [2.05, 4.69) is 9.97 Å². The van der Waals surface area contributed by atoms with Crippen molar-refractivity contribution in [2.75, 3.05) is 13.1 Å². The van der Waals surface area contributed by atoms with Gasteiger partial charge in [0.25, 0.3) is 0 Å². The average molecular weight is 351 g/mol. The number of sulfonamides is 1. The predicted molar refractivity (Wildman–Crippen MR) is 85.6 cm³/mol. The molecule has 1 aromatic carbocycles. The molecule has 0 unspecified atom stereocenters. The Hall–Kier alpha value is -2.06. The van der Waals surface area contributed by atoms with E-state index in [-0.39, 0.29) is 11.0 Å². The molecule has 0 amide bonds. The Morgan fingerprint density at radius 2 is 1.71 bits per heavy atom. The van der Waals surface area contributed by atoms with Crippen molar-refractivity contribution >= 4 is 10.0 Å². The van der Waals surface area contributed by atoms with E-state index in [1.165, 1.54) is 16.4 Å². The Labute approximate surface area is 140 Å². The molecule has 0 atom stereocenters. The lowest BCUT2D eigenvalue weighted by Crippen LogP contribution is -2.41. The van der Waals surface area contributed by atoms with Gasteiger partial charge in [0.05, 0.1) is 4.90 Å². The topological polar surface area (TPSA) is 72.4 Å². The van der Waals surface area contributed by atoms with Gasteiger partial charge in [0.15, 0.2) is 0 Å². The number of hydrogen-bond donors (Lipinski definition) is 0. The molecule has 0 aliphatic carbocycles. The average Bonchev–Trinajstić information content (AvgIpc) is 2.58. The fourth-order valence-electron chi connectivity index (χ4n) is 2.54. The van der Waals surface area contributed by atoms with Crippen molar-refractivity contribution in [3.05, 3.63) is 48.0 Å². The van der Waals surface area contributed by atoms with Gasteiger partial charge in [-0.05, 0) is 49.6 Å². The van der Waals surface area contributed by atoms with Crippen molar-refractivity contribution < 1.29 is 17.5 Å². The van der Waals surface area contributed by atoms with Crippen LogP contribution in [0, 0.1) is 12.7 Å². The first-order chi connectivity index (χ1) is 11.4. The third-order valence-electron chi connectivity index (χ3n) is 3.88. The monoisotopic (exact) mass is 351 g/mol. The Bertz CT molecular complexity index is 786. The first kappa shape index (κ1) is 16.8. The minimum absolute atomic E-state index is 0.102. The van der Waals surface area contributed by atoms with Crippen LogP contribution in [0.4, 0.5) is 4.39 Å². The second-order valence-corrected chi connectivity index (χ2v) is 7.66. The zero-order chi connectivity index (χ0) is 17.2. The third kappa shape index (κ3) is 3.70. The van der Waals surface area contributed by atoms with Gasteiger partial charge >= 0.3 is 6.01 Å². The molecule has 128 valence electrons. The van der Waals surface area contributed by atoms with E-state index in [1.807, 2.05) is 6.92 Å². The molecule has 0 N–H and O–H groups in total. The van der Waals surface area contributed by atoms with Gasteiger partial charge in [0.2, 0.25) is 10.0 Å². The molecule has 2 heterocycles. The van der Waals surface area contributed by atoms with E-state index in [4.69, 9.17) is 4.74 Å². The summed E-state index contributed by atoms with van der Waals surface area (Å²) < 4.78 is 45.1. The van der Waals surface area contributed by atoms with E-state index in [1.54, 1.807) is 12.4 Å². The van der Waals surface area contributed by atoms with Crippen LogP contribution in [0.25, 0.3) is 0 Å². The van der Waals surface area contributed by atoms with Crippen LogP contribution in [-0.2, 0) is 10.0 Å². The van der Waals surface area contributed by atoms with Gasteiger partial charge in [0, 0.05) is 25.5 Å². The minimum atomic E-state index is -3.60. The molecular weight excluding hydrogens is 333 g/mol. The van der Waals surface area contributed by atoms with E-state index in [9.17, 15) is 12.8 Å². The molecule has 1 aliphatic heterocycles. The van der Waals surface area contributed by atoms with Crippen LogP contribution in [0.1, 0.15) is 18.4 Å². The number of benzene rings is 1. The zero-order valence-electron chi connectivity index (χ0n) is 13.2. The second kappa shape index (κ2) is 6.82. The number of aromatic nitrogens is 2. The summed E-state index contributed by atoms with van der Waals surface area (Å²) in [7, 11) is -3.60. The van der Waals surface area contributed by atoms with Gasteiger partial charge < -0.3 is 4.74 Å². The highest BCUT2D eigenvalue weighted by molar-refractivity contribution is 7.89. The molecule has 8 heteroatoms. The molecule has 24 heavy (non-hydrogen) atoms. The lowest BCUT2D eigenvalue weighted by atomic mass is 10.1. The molecule has 0 spiro atoms. The Kier molecular flexibility index (Phi) is 4.77. The zero-order valence-corrected chi connectivity index (χ0v) is 14.0. The summed E-state index contributed by atoms with van der Waals surface area (Å²) in [6.45, 7) is 2.58. The maximum absolute atomic E-state index is 13.0. The number of hydrogen-bond acceptors (Lipinski definition) is 5. The van der Waals surface area contributed by atoms with Crippen molar-refractivity contribution in [1.82, 2.24) is 14.3 Å². The SMILES string of the molecule is Cc1cnc(OC2CCN(S(=O)(=O)c3ccc(F)cc3)CC2)nc1.